The highest BCUT2D eigenvalue weighted by Gasteiger charge is 2.18. The van der Waals surface area contributed by atoms with Gasteiger partial charge in [0.25, 0.3) is 5.91 Å². The molecule has 0 bridgehead atoms. The molecule has 3 rings (SSSR count). The highest BCUT2D eigenvalue weighted by molar-refractivity contribution is 5.98. The molecule has 6 nitrogen and oxygen atoms in total. The molecule has 22 heavy (non-hydrogen) atoms. The third-order valence-corrected chi connectivity index (χ3v) is 3.72. The molecule has 1 amide bonds. The molecule has 0 fully saturated rings. The maximum Gasteiger partial charge on any atom is 0.268 e. The fourth-order valence-corrected chi connectivity index (χ4v) is 2.56. The first-order valence-electron chi connectivity index (χ1n) is 6.87. The maximum atomic E-state index is 13.3. The number of carbonyl (C=O) groups excluding carboxylic acids is 1. The number of hydrogen-bond acceptors (Lipinski definition) is 3. The van der Waals surface area contributed by atoms with Gasteiger partial charge in [-0.05, 0) is 31.2 Å². The van der Waals surface area contributed by atoms with Gasteiger partial charge >= 0.3 is 0 Å². The Bertz CT molecular complexity index is 851. The van der Waals surface area contributed by atoms with Crippen molar-refractivity contribution in [2.24, 2.45) is 14.1 Å². The predicted octanol–water partition coefficient (Wildman–Crippen LogP) is 1.94. The maximum absolute atomic E-state index is 13.3. The molecule has 2 aromatic heterocycles. The van der Waals surface area contributed by atoms with Crippen molar-refractivity contribution in [3.05, 3.63) is 47.9 Å². The van der Waals surface area contributed by atoms with E-state index >= 15 is 0 Å². The fraction of sp³-hybridized carbons (Fsp3) is 0.267. The van der Waals surface area contributed by atoms with Crippen molar-refractivity contribution in [3.63, 3.8) is 0 Å². The number of aryl methyl sites for hydroxylation is 2. The molecule has 0 radical (unpaired) electrons. The van der Waals surface area contributed by atoms with Gasteiger partial charge in [0, 0.05) is 25.0 Å². The lowest BCUT2D eigenvalue weighted by atomic mass is 10.2. The molecule has 0 saturated heterocycles. The summed E-state index contributed by atoms with van der Waals surface area (Å²) in [5, 5.41) is 11.4. The van der Waals surface area contributed by atoms with Gasteiger partial charge in [0.1, 0.15) is 17.8 Å². The highest BCUT2D eigenvalue weighted by Crippen LogP contribution is 2.20. The van der Waals surface area contributed by atoms with E-state index in [0.717, 1.165) is 5.52 Å². The number of benzene rings is 1. The normalized spacial score (nSPS) is 12.5. The van der Waals surface area contributed by atoms with Crippen LogP contribution in [0.4, 0.5) is 4.39 Å². The van der Waals surface area contributed by atoms with Crippen LogP contribution in [0.2, 0.25) is 0 Å². The minimum Gasteiger partial charge on any atom is -0.341 e. The SMILES string of the molecule is C[C@H](NC(=O)c1cc2cc(F)ccc2n1C)c1nncn1C. The van der Waals surface area contributed by atoms with Gasteiger partial charge in [0.15, 0.2) is 5.82 Å². The second-order valence-electron chi connectivity index (χ2n) is 5.29. The molecule has 7 heteroatoms. The van der Waals surface area contributed by atoms with E-state index in [1.165, 1.54) is 12.1 Å². The number of nitrogens with zero attached hydrogens (tertiary/aromatic N) is 4. The molecule has 2 heterocycles. The topological polar surface area (TPSA) is 64.7 Å². The van der Waals surface area contributed by atoms with Crippen molar-refractivity contribution < 1.29 is 9.18 Å². The zero-order valence-corrected chi connectivity index (χ0v) is 12.5. The average molecular weight is 301 g/mol. The summed E-state index contributed by atoms with van der Waals surface area (Å²) in [6.45, 7) is 1.84. The fourth-order valence-electron chi connectivity index (χ4n) is 2.56. The first kappa shape index (κ1) is 14.2. The van der Waals surface area contributed by atoms with Crippen LogP contribution in [0.25, 0.3) is 10.9 Å². The number of aromatic nitrogens is 4. The number of halogens is 1. The van der Waals surface area contributed by atoms with Gasteiger partial charge in [0.2, 0.25) is 0 Å². The summed E-state index contributed by atoms with van der Waals surface area (Å²) >= 11 is 0. The standard InChI is InChI=1S/C15H16FN5O/c1-9(14-19-17-8-20(14)2)18-15(22)13-7-10-6-11(16)4-5-12(10)21(13)3/h4-9H,1-3H3,(H,18,22)/t9-/m0/s1. The van der Waals surface area contributed by atoms with Crippen LogP contribution in [0.5, 0.6) is 0 Å². The van der Waals surface area contributed by atoms with E-state index in [-0.39, 0.29) is 17.8 Å². The zero-order chi connectivity index (χ0) is 15.9. The Morgan fingerprint density at radius 3 is 2.77 bits per heavy atom. The first-order chi connectivity index (χ1) is 10.5. The molecule has 3 aromatic rings. The third-order valence-electron chi connectivity index (χ3n) is 3.72. The second kappa shape index (κ2) is 5.25. The molecule has 0 unspecified atom stereocenters. The van der Waals surface area contributed by atoms with Crippen LogP contribution in [0.1, 0.15) is 29.3 Å². The van der Waals surface area contributed by atoms with Crippen molar-refractivity contribution in [1.29, 1.82) is 0 Å². The number of carbonyl (C=O) groups is 1. The number of nitrogens with one attached hydrogen (secondary N) is 1. The van der Waals surface area contributed by atoms with E-state index in [1.54, 1.807) is 34.6 Å². The summed E-state index contributed by atoms with van der Waals surface area (Å²) in [7, 11) is 3.60. The Balaban J connectivity index is 1.89. The number of fused-ring (bicyclic) bond motifs is 1. The Kier molecular flexibility index (Phi) is 3.40. The summed E-state index contributed by atoms with van der Waals surface area (Å²) in [5.41, 5.74) is 1.27. The number of hydrogen-bond donors (Lipinski definition) is 1. The van der Waals surface area contributed by atoms with Gasteiger partial charge < -0.3 is 14.5 Å². The largest absolute Gasteiger partial charge is 0.341 e. The minimum atomic E-state index is -0.322. The van der Waals surface area contributed by atoms with Crippen LogP contribution >= 0.6 is 0 Å². The Hall–Kier alpha value is -2.70. The third kappa shape index (κ3) is 2.34. The second-order valence-corrected chi connectivity index (χ2v) is 5.29. The molecular weight excluding hydrogens is 285 g/mol. The molecule has 0 spiro atoms. The smallest absolute Gasteiger partial charge is 0.268 e. The Morgan fingerprint density at radius 1 is 1.32 bits per heavy atom. The van der Waals surface area contributed by atoms with Crippen LogP contribution in [0, 0.1) is 5.82 Å². The zero-order valence-electron chi connectivity index (χ0n) is 12.5. The van der Waals surface area contributed by atoms with Crippen LogP contribution < -0.4 is 5.32 Å². The van der Waals surface area contributed by atoms with Crippen LogP contribution in [0.15, 0.2) is 30.6 Å². The van der Waals surface area contributed by atoms with Gasteiger partial charge in [-0.1, -0.05) is 0 Å². The molecule has 1 N–H and O–H groups in total. The van der Waals surface area contributed by atoms with Gasteiger partial charge in [-0.3, -0.25) is 4.79 Å². The summed E-state index contributed by atoms with van der Waals surface area (Å²) in [4.78, 5) is 12.5. The van der Waals surface area contributed by atoms with Crippen LogP contribution in [-0.4, -0.2) is 25.2 Å². The number of rotatable bonds is 3. The molecule has 1 atom stereocenters. The van der Waals surface area contributed by atoms with Crippen molar-refractivity contribution in [2.45, 2.75) is 13.0 Å². The van der Waals surface area contributed by atoms with E-state index in [1.807, 2.05) is 14.0 Å². The van der Waals surface area contributed by atoms with Crippen molar-refractivity contribution in [3.8, 4) is 0 Å². The van der Waals surface area contributed by atoms with Crippen LogP contribution in [0.3, 0.4) is 0 Å². The van der Waals surface area contributed by atoms with E-state index in [9.17, 15) is 9.18 Å². The number of amides is 1. The lowest BCUT2D eigenvalue weighted by molar-refractivity contribution is 0.0930. The Morgan fingerprint density at radius 2 is 2.09 bits per heavy atom. The summed E-state index contributed by atoms with van der Waals surface area (Å²) in [5.74, 6) is 0.102. The molecule has 0 saturated carbocycles. The van der Waals surface area contributed by atoms with E-state index in [4.69, 9.17) is 0 Å². The molecule has 0 aliphatic rings. The monoisotopic (exact) mass is 301 g/mol. The van der Waals surface area contributed by atoms with Crippen molar-refractivity contribution in [1.82, 2.24) is 24.6 Å². The van der Waals surface area contributed by atoms with Gasteiger partial charge in [-0.15, -0.1) is 10.2 Å². The summed E-state index contributed by atoms with van der Waals surface area (Å²) < 4.78 is 16.8. The molecule has 0 aliphatic carbocycles. The molecule has 1 aromatic carbocycles. The Labute approximate surface area is 126 Å². The first-order valence-corrected chi connectivity index (χ1v) is 6.87. The van der Waals surface area contributed by atoms with E-state index in [2.05, 4.69) is 15.5 Å². The van der Waals surface area contributed by atoms with Crippen LogP contribution in [-0.2, 0) is 14.1 Å². The van der Waals surface area contributed by atoms with Gasteiger partial charge in [0.05, 0.1) is 6.04 Å². The van der Waals surface area contributed by atoms with E-state index < -0.39 is 0 Å². The van der Waals surface area contributed by atoms with Crippen molar-refractivity contribution in [2.75, 3.05) is 0 Å². The minimum absolute atomic E-state index is 0.241. The quantitative estimate of drug-likeness (QED) is 0.804. The lowest BCUT2D eigenvalue weighted by Gasteiger charge is -2.13. The van der Waals surface area contributed by atoms with Crippen molar-refractivity contribution >= 4 is 16.8 Å². The highest BCUT2D eigenvalue weighted by atomic mass is 19.1. The van der Waals surface area contributed by atoms with Gasteiger partial charge in [-0.25, -0.2) is 4.39 Å². The van der Waals surface area contributed by atoms with E-state index in [0.29, 0.717) is 16.9 Å². The summed E-state index contributed by atoms with van der Waals surface area (Å²) in [6, 6.07) is 5.85. The molecule has 114 valence electrons. The molecular formula is C15H16FN5O. The predicted molar refractivity (Wildman–Crippen MR) is 79.8 cm³/mol. The molecule has 0 aliphatic heterocycles. The summed E-state index contributed by atoms with van der Waals surface area (Å²) in [6.07, 6.45) is 1.58. The lowest BCUT2D eigenvalue weighted by Crippen LogP contribution is -2.29. The average Bonchev–Trinajstić information content (AvgIpc) is 3.02. The van der Waals surface area contributed by atoms with Gasteiger partial charge in [-0.2, -0.15) is 0 Å².